The molecule has 0 unspecified atom stereocenters. The van der Waals surface area contributed by atoms with Crippen LogP contribution in [0.3, 0.4) is 0 Å². The molecule has 2 N–H and O–H groups in total. The van der Waals surface area contributed by atoms with Gasteiger partial charge in [0.2, 0.25) is 5.91 Å². The number of non-ortho nitro benzene ring substituents is 2. The van der Waals surface area contributed by atoms with Gasteiger partial charge < -0.3 is 20.0 Å². The average Bonchev–Trinajstić information content (AvgIpc) is 2.62. The van der Waals surface area contributed by atoms with E-state index in [0.717, 1.165) is 24.3 Å². The molecule has 0 aliphatic carbocycles. The zero-order chi connectivity index (χ0) is 19.7. The number of piperazine rings is 1. The van der Waals surface area contributed by atoms with Gasteiger partial charge in [0.15, 0.2) is 0 Å². The van der Waals surface area contributed by atoms with E-state index >= 15 is 0 Å². The van der Waals surface area contributed by atoms with Crippen LogP contribution in [0.5, 0.6) is 11.5 Å². The summed E-state index contributed by atoms with van der Waals surface area (Å²) in [6.07, 6.45) is 0. The van der Waals surface area contributed by atoms with E-state index in [1.54, 1.807) is 0 Å². The van der Waals surface area contributed by atoms with E-state index < -0.39 is 15.8 Å². The summed E-state index contributed by atoms with van der Waals surface area (Å²) in [5.74, 6) is -0.969. The van der Waals surface area contributed by atoms with Gasteiger partial charge in [0, 0.05) is 37.4 Å². The highest BCUT2D eigenvalue weighted by Crippen LogP contribution is 2.35. The minimum Gasteiger partial charge on any atom is -0.506 e. The van der Waals surface area contributed by atoms with Crippen molar-refractivity contribution in [3.8, 4) is 11.5 Å². The fraction of sp³-hybridized carbons (Fsp3) is 0.188. The summed E-state index contributed by atoms with van der Waals surface area (Å²) in [4.78, 5) is 35.8. The molecule has 1 aliphatic heterocycles. The lowest BCUT2D eigenvalue weighted by Crippen LogP contribution is -2.50. The van der Waals surface area contributed by atoms with Crippen LogP contribution in [-0.2, 0) is 4.79 Å². The van der Waals surface area contributed by atoms with Crippen molar-refractivity contribution >= 4 is 28.7 Å². The average molecular weight is 374 g/mol. The van der Waals surface area contributed by atoms with Crippen LogP contribution in [0, 0.1) is 20.2 Å². The van der Waals surface area contributed by atoms with E-state index in [9.17, 15) is 35.2 Å². The largest absolute Gasteiger partial charge is 0.506 e. The van der Waals surface area contributed by atoms with Crippen LogP contribution >= 0.6 is 0 Å². The summed E-state index contributed by atoms with van der Waals surface area (Å²) < 4.78 is 0. The lowest BCUT2D eigenvalue weighted by atomic mass is 10.1. The number of anilines is 2. The van der Waals surface area contributed by atoms with Crippen LogP contribution < -0.4 is 9.80 Å². The van der Waals surface area contributed by atoms with Crippen LogP contribution in [-0.4, -0.2) is 45.6 Å². The van der Waals surface area contributed by atoms with Gasteiger partial charge in [-0.05, 0) is 12.1 Å². The molecule has 2 aromatic rings. The molecule has 1 aliphatic rings. The number of hydrogen-bond acceptors (Lipinski definition) is 8. The Labute approximate surface area is 152 Å². The number of amides is 1. The number of benzene rings is 2. The standard InChI is InChI=1S/C16H14N4O7/c21-14-3-1-10(19(24)25)7-12(14)17-5-6-18(16(23)9-17)13-8-11(20(26)27)2-4-15(13)22/h1-4,7-8,21-22H,5-6,9H2. The number of rotatable bonds is 4. The number of aromatic hydroxyl groups is 2. The summed E-state index contributed by atoms with van der Waals surface area (Å²) in [5.41, 5.74) is -0.346. The van der Waals surface area contributed by atoms with E-state index in [1.807, 2.05) is 0 Å². The summed E-state index contributed by atoms with van der Waals surface area (Å²) in [5, 5.41) is 41.8. The maximum absolute atomic E-state index is 12.5. The van der Waals surface area contributed by atoms with Crippen molar-refractivity contribution in [1.29, 1.82) is 0 Å². The van der Waals surface area contributed by atoms with E-state index in [-0.39, 0.29) is 53.9 Å². The Morgan fingerprint density at radius 1 is 0.852 bits per heavy atom. The fourth-order valence-corrected chi connectivity index (χ4v) is 2.85. The van der Waals surface area contributed by atoms with E-state index in [4.69, 9.17) is 0 Å². The Kier molecular flexibility index (Phi) is 4.50. The molecule has 2 aromatic carbocycles. The minimum absolute atomic E-state index is 0.0112. The van der Waals surface area contributed by atoms with Crippen molar-refractivity contribution in [2.45, 2.75) is 0 Å². The van der Waals surface area contributed by atoms with Crippen LogP contribution in [0.1, 0.15) is 0 Å². The highest BCUT2D eigenvalue weighted by atomic mass is 16.6. The molecule has 1 heterocycles. The number of hydrogen-bond donors (Lipinski definition) is 2. The molecule has 0 radical (unpaired) electrons. The maximum atomic E-state index is 12.5. The van der Waals surface area contributed by atoms with Gasteiger partial charge in [-0.25, -0.2) is 0 Å². The fourth-order valence-electron chi connectivity index (χ4n) is 2.85. The van der Waals surface area contributed by atoms with Gasteiger partial charge in [-0.1, -0.05) is 0 Å². The number of carbonyl (C=O) groups excluding carboxylic acids is 1. The highest BCUT2D eigenvalue weighted by molar-refractivity contribution is 5.99. The van der Waals surface area contributed by atoms with Crippen molar-refractivity contribution in [2.24, 2.45) is 0 Å². The molecular weight excluding hydrogens is 360 g/mol. The van der Waals surface area contributed by atoms with Gasteiger partial charge in [0.25, 0.3) is 11.4 Å². The second kappa shape index (κ2) is 6.78. The predicted octanol–water partition coefficient (Wildman–Crippen LogP) is 1.77. The Morgan fingerprint density at radius 2 is 1.37 bits per heavy atom. The third kappa shape index (κ3) is 3.42. The van der Waals surface area contributed by atoms with E-state index in [2.05, 4.69) is 0 Å². The Bertz CT molecular complexity index is 946. The van der Waals surface area contributed by atoms with Crippen LogP contribution in [0.25, 0.3) is 0 Å². The topological polar surface area (TPSA) is 150 Å². The summed E-state index contributed by atoms with van der Waals surface area (Å²) in [6.45, 7) is 0.0369. The Morgan fingerprint density at radius 3 is 1.89 bits per heavy atom. The first-order valence-corrected chi connectivity index (χ1v) is 7.78. The monoisotopic (exact) mass is 374 g/mol. The summed E-state index contributed by atoms with van der Waals surface area (Å²) in [6, 6.07) is 6.87. The Balaban J connectivity index is 1.86. The second-order valence-corrected chi connectivity index (χ2v) is 5.83. The minimum atomic E-state index is -0.634. The molecule has 0 spiro atoms. The molecule has 0 saturated carbocycles. The first-order chi connectivity index (χ1) is 12.8. The molecular formula is C16H14N4O7. The van der Waals surface area contributed by atoms with Crippen molar-refractivity contribution in [3.05, 3.63) is 56.6 Å². The summed E-state index contributed by atoms with van der Waals surface area (Å²) in [7, 11) is 0. The van der Waals surface area contributed by atoms with Gasteiger partial charge in [-0.3, -0.25) is 25.0 Å². The molecule has 27 heavy (non-hydrogen) atoms. The van der Waals surface area contributed by atoms with Crippen molar-refractivity contribution in [2.75, 3.05) is 29.4 Å². The number of phenolic OH excluding ortho intramolecular Hbond substituents is 2. The lowest BCUT2D eigenvalue weighted by molar-refractivity contribution is -0.385. The normalized spacial score (nSPS) is 14.3. The molecule has 1 fully saturated rings. The molecule has 1 amide bonds. The van der Waals surface area contributed by atoms with E-state index in [0.29, 0.717) is 0 Å². The summed E-state index contributed by atoms with van der Waals surface area (Å²) >= 11 is 0. The second-order valence-electron chi connectivity index (χ2n) is 5.83. The molecule has 3 rings (SSSR count). The van der Waals surface area contributed by atoms with Gasteiger partial charge in [-0.2, -0.15) is 0 Å². The van der Waals surface area contributed by atoms with Gasteiger partial charge in [0.05, 0.1) is 27.8 Å². The molecule has 11 heteroatoms. The van der Waals surface area contributed by atoms with Crippen molar-refractivity contribution in [3.63, 3.8) is 0 Å². The van der Waals surface area contributed by atoms with Crippen molar-refractivity contribution in [1.82, 2.24) is 0 Å². The van der Waals surface area contributed by atoms with Crippen molar-refractivity contribution < 1.29 is 24.9 Å². The highest BCUT2D eigenvalue weighted by Gasteiger charge is 2.29. The van der Waals surface area contributed by atoms with Crippen LogP contribution in [0.2, 0.25) is 0 Å². The zero-order valence-electron chi connectivity index (χ0n) is 13.8. The third-order valence-corrected chi connectivity index (χ3v) is 4.19. The molecule has 1 saturated heterocycles. The Hall–Kier alpha value is -3.89. The first-order valence-electron chi connectivity index (χ1n) is 7.78. The predicted molar refractivity (Wildman–Crippen MR) is 94.1 cm³/mol. The maximum Gasteiger partial charge on any atom is 0.271 e. The number of carbonyl (C=O) groups is 1. The molecule has 0 bridgehead atoms. The van der Waals surface area contributed by atoms with Gasteiger partial charge in [0.1, 0.15) is 11.5 Å². The zero-order valence-corrected chi connectivity index (χ0v) is 13.8. The first kappa shape index (κ1) is 17.9. The van der Waals surface area contributed by atoms with E-state index in [1.165, 1.54) is 21.9 Å². The van der Waals surface area contributed by atoms with Crippen LogP contribution in [0.15, 0.2) is 36.4 Å². The van der Waals surface area contributed by atoms with Gasteiger partial charge >= 0.3 is 0 Å². The number of nitro groups is 2. The lowest BCUT2D eigenvalue weighted by Gasteiger charge is -2.35. The number of nitro benzene ring substituents is 2. The van der Waals surface area contributed by atoms with Crippen LogP contribution in [0.4, 0.5) is 22.7 Å². The molecule has 0 atom stereocenters. The SMILES string of the molecule is O=C1CN(c2cc([N+](=O)[O-])ccc2O)CCN1c1cc([N+](=O)[O-])ccc1O. The number of phenols is 2. The van der Waals surface area contributed by atoms with Gasteiger partial charge in [-0.15, -0.1) is 0 Å². The number of nitrogens with zero attached hydrogens (tertiary/aromatic N) is 4. The quantitative estimate of drug-likeness (QED) is 0.607. The molecule has 11 nitrogen and oxygen atoms in total. The molecule has 0 aromatic heterocycles. The third-order valence-electron chi connectivity index (χ3n) is 4.19. The molecule has 140 valence electrons. The smallest absolute Gasteiger partial charge is 0.271 e.